The van der Waals surface area contributed by atoms with Crippen molar-refractivity contribution in [3.8, 4) is 0 Å². The topological polar surface area (TPSA) is 32.6 Å². The first-order valence-corrected chi connectivity index (χ1v) is 3.04. The normalized spacial score (nSPS) is 12.8. The molecule has 0 aliphatic rings. The van der Waals surface area contributed by atoms with Gasteiger partial charge in [-0.05, 0) is 5.56 Å². The Hall–Kier alpha value is -1.31. The Morgan fingerprint density at radius 3 is 2.80 bits per heavy atom. The van der Waals surface area contributed by atoms with Crippen LogP contribution in [0.1, 0.15) is 6.93 Å². The van der Waals surface area contributed by atoms with Crippen molar-refractivity contribution in [2.24, 2.45) is 5.16 Å². The molecule has 1 rings (SSSR count). The van der Waals surface area contributed by atoms with Gasteiger partial charge in [-0.2, -0.15) is 0 Å². The van der Waals surface area contributed by atoms with Crippen LogP contribution in [-0.2, 0) is 6.42 Å². The summed E-state index contributed by atoms with van der Waals surface area (Å²) in [7, 11) is 0. The fraction of sp³-hybridized carbons (Fsp3) is 0.125. The molecule has 0 amide bonds. The minimum atomic E-state index is -0.0174. The van der Waals surface area contributed by atoms with Crippen molar-refractivity contribution in [3.63, 3.8) is 0 Å². The Balaban J connectivity index is 2.65. The maximum absolute atomic E-state index is 8.20. The smallest absolute Gasteiger partial charge is 0.0830 e. The van der Waals surface area contributed by atoms with Crippen LogP contribution in [-0.4, -0.2) is 11.4 Å². The number of benzene rings is 1. The van der Waals surface area contributed by atoms with Crippen molar-refractivity contribution >= 4 is 6.19 Å². The first kappa shape index (κ1) is 5.47. The molecule has 1 N–H and O–H groups in total. The number of oxime groups is 1. The predicted octanol–water partition coefficient (Wildman–Crippen LogP) is 1.69. The highest BCUT2D eigenvalue weighted by atomic mass is 16.4. The van der Waals surface area contributed by atoms with E-state index in [9.17, 15) is 0 Å². The Morgan fingerprint density at radius 1 is 1.50 bits per heavy atom. The molecule has 0 radical (unpaired) electrons. The largest absolute Gasteiger partial charge is 0.411 e. The van der Waals surface area contributed by atoms with Crippen molar-refractivity contribution in [1.82, 2.24) is 0 Å². The van der Waals surface area contributed by atoms with E-state index in [1.807, 2.05) is 30.3 Å². The summed E-state index contributed by atoms with van der Waals surface area (Å²) in [6.45, 7) is 0. The molecule has 0 saturated carbocycles. The Morgan fingerprint density at radius 2 is 2.20 bits per heavy atom. The Kier molecular flexibility index (Phi) is 2.01. The molecular formula is C8H9NO. The van der Waals surface area contributed by atoms with Crippen LogP contribution in [0, 0.1) is 0 Å². The summed E-state index contributed by atoms with van der Waals surface area (Å²) in [4.78, 5) is 0. The first-order valence-electron chi connectivity index (χ1n) is 3.54. The molecule has 0 saturated heterocycles. The van der Waals surface area contributed by atoms with Gasteiger partial charge in [0, 0.05) is 12.6 Å². The third-order valence-corrected chi connectivity index (χ3v) is 1.20. The van der Waals surface area contributed by atoms with E-state index < -0.39 is 0 Å². The minimum Gasteiger partial charge on any atom is -0.411 e. The van der Waals surface area contributed by atoms with Crippen molar-refractivity contribution in [2.75, 3.05) is 0 Å². The lowest BCUT2D eigenvalue weighted by Gasteiger charge is -1.90. The van der Waals surface area contributed by atoms with Crippen molar-refractivity contribution in [3.05, 3.63) is 35.9 Å². The van der Waals surface area contributed by atoms with Crippen LogP contribution >= 0.6 is 0 Å². The van der Waals surface area contributed by atoms with E-state index in [0.29, 0.717) is 6.42 Å². The fourth-order valence-electron chi connectivity index (χ4n) is 0.723. The summed E-state index contributed by atoms with van der Waals surface area (Å²) in [5.74, 6) is 0. The van der Waals surface area contributed by atoms with Crippen LogP contribution in [0.2, 0.25) is 0 Å². The van der Waals surface area contributed by atoms with Crippen molar-refractivity contribution < 1.29 is 6.58 Å². The molecule has 10 heavy (non-hydrogen) atoms. The van der Waals surface area contributed by atoms with Crippen molar-refractivity contribution in [2.45, 2.75) is 6.42 Å². The molecule has 0 fully saturated rings. The zero-order valence-electron chi connectivity index (χ0n) is 6.49. The van der Waals surface area contributed by atoms with Crippen molar-refractivity contribution in [1.29, 1.82) is 0 Å². The minimum absolute atomic E-state index is 0.0174. The highest BCUT2D eigenvalue weighted by molar-refractivity contribution is 5.60. The molecule has 0 bridgehead atoms. The van der Waals surface area contributed by atoms with Gasteiger partial charge in [0.2, 0.25) is 0 Å². The highest BCUT2D eigenvalue weighted by Gasteiger charge is 1.84. The molecule has 1 aromatic carbocycles. The molecule has 0 aliphatic heterocycles. The maximum atomic E-state index is 8.20. The molecule has 0 aliphatic carbocycles. The van der Waals surface area contributed by atoms with Gasteiger partial charge in [0.1, 0.15) is 0 Å². The van der Waals surface area contributed by atoms with E-state index >= 15 is 0 Å². The summed E-state index contributed by atoms with van der Waals surface area (Å²) < 4.78 is 7.06. The summed E-state index contributed by atoms with van der Waals surface area (Å²) in [6, 6.07) is 9.46. The summed E-state index contributed by atoms with van der Waals surface area (Å²) in [5.41, 5.74) is 0.982. The quantitative estimate of drug-likeness (QED) is 0.374. The van der Waals surface area contributed by atoms with Gasteiger partial charge in [0.05, 0.1) is 1.37 Å². The van der Waals surface area contributed by atoms with Gasteiger partial charge < -0.3 is 5.21 Å². The number of hydrogen-bond acceptors (Lipinski definition) is 2. The second-order valence-electron chi connectivity index (χ2n) is 1.92. The molecule has 0 heterocycles. The van der Waals surface area contributed by atoms with Gasteiger partial charge in [-0.15, -0.1) is 5.16 Å². The monoisotopic (exact) mass is 136 g/mol. The van der Waals surface area contributed by atoms with E-state index in [-0.39, 0.29) is 6.19 Å². The zero-order chi connectivity index (χ0) is 8.10. The average molecular weight is 136 g/mol. The van der Waals surface area contributed by atoms with E-state index in [1.54, 1.807) is 0 Å². The third-order valence-electron chi connectivity index (χ3n) is 1.20. The highest BCUT2D eigenvalue weighted by Crippen LogP contribution is 1.96. The van der Waals surface area contributed by atoms with Gasteiger partial charge in [0.25, 0.3) is 0 Å². The van der Waals surface area contributed by atoms with E-state index in [1.165, 1.54) is 0 Å². The van der Waals surface area contributed by atoms with E-state index in [2.05, 4.69) is 5.16 Å². The van der Waals surface area contributed by atoms with E-state index in [4.69, 9.17) is 6.58 Å². The summed E-state index contributed by atoms with van der Waals surface area (Å²) in [5, 5.41) is 11.0. The lowest BCUT2D eigenvalue weighted by Crippen LogP contribution is -1.83. The Bertz CT molecular complexity index is 246. The number of hydrogen-bond donors (Lipinski definition) is 1. The summed E-state index contributed by atoms with van der Waals surface area (Å²) in [6.07, 6.45) is 0.369. The fourth-order valence-corrected chi connectivity index (χ4v) is 0.723. The van der Waals surface area contributed by atoms with Crippen LogP contribution in [0.5, 0.6) is 0 Å². The molecule has 0 unspecified atom stereocenters. The third kappa shape index (κ3) is 1.90. The van der Waals surface area contributed by atoms with Gasteiger partial charge in [0.15, 0.2) is 0 Å². The number of rotatable bonds is 2. The first-order chi connectivity index (χ1) is 5.33. The molecule has 2 heteroatoms. The van der Waals surface area contributed by atoms with Crippen LogP contribution < -0.4 is 0 Å². The SMILES string of the molecule is [2H]/C(Cc1ccccc1)=N\O. The standard InChI is InChI=1S/C8H9NO/c10-9-7-6-8-4-2-1-3-5-8/h1-5,7,10H,6H2/b9-7+/i7D. The zero-order valence-corrected chi connectivity index (χ0v) is 5.49. The predicted molar refractivity (Wildman–Crippen MR) is 40.4 cm³/mol. The molecule has 52 valence electrons. The van der Waals surface area contributed by atoms with Gasteiger partial charge >= 0.3 is 0 Å². The molecule has 0 aromatic heterocycles. The van der Waals surface area contributed by atoms with Crippen LogP contribution in [0.4, 0.5) is 0 Å². The lowest BCUT2D eigenvalue weighted by molar-refractivity contribution is 0.321. The molecule has 1 aromatic rings. The maximum Gasteiger partial charge on any atom is 0.0830 e. The van der Waals surface area contributed by atoms with Crippen LogP contribution in [0.15, 0.2) is 35.5 Å². The van der Waals surface area contributed by atoms with Gasteiger partial charge in [-0.1, -0.05) is 30.3 Å². The van der Waals surface area contributed by atoms with Gasteiger partial charge in [-0.25, -0.2) is 0 Å². The summed E-state index contributed by atoms with van der Waals surface area (Å²) >= 11 is 0. The molecule has 0 spiro atoms. The number of nitrogens with zero attached hydrogens (tertiary/aromatic N) is 1. The Labute approximate surface area is 61.2 Å². The van der Waals surface area contributed by atoms with E-state index in [0.717, 1.165) is 5.56 Å². The van der Waals surface area contributed by atoms with Crippen LogP contribution in [0.25, 0.3) is 0 Å². The molecule has 2 nitrogen and oxygen atoms in total. The lowest BCUT2D eigenvalue weighted by atomic mass is 10.2. The second kappa shape index (κ2) is 3.67. The van der Waals surface area contributed by atoms with Crippen LogP contribution in [0.3, 0.4) is 0 Å². The molecule has 0 atom stereocenters. The molecular weight excluding hydrogens is 126 g/mol. The average Bonchev–Trinajstić information content (AvgIpc) is 2.06. The second-order valence-corrected chi connectivity index (χ2v) is 1.92. The van der Waals surface area contributed by atoms with Gasteiger partial charge in [-0.3, -0.25) is 0 Å².